The molecule has 0 spiro atoms. The van der Waals surface area contributed by atoms with Gasteiger partial charge in [-0.25, -0.2) is 0 Å². The smallest absolute Gasteiger partial charge is 0.0621 e. The van der Waals surface area contributed by atoms with E-state index in [0.29, 0.717) is 0 Å². The standard InChI is InChI=1S/C17H14O/c18-12-11-17-15-7-3-1-5-13(15)9-10-14-6-2-4-8-16(14)17/h1-11,18H,12H2. The van der Waals surface area contributed by atoms with Gasteiger partial charge >= 0.3 is 0 Å². The van der Waals surface area contributed by atoms with Gasteiger partial charge in [0.1, 0.15) is 0 Å². The lowest BCUT2D eigenvalue weighted by Crippen LogP contribution is -1.93. The lowest BCUT2D eigenvalue weighted by atomic mass is 9.93. The van der Waals surface area contributed by atoms with Crippen LogP contribution in [0.15, 0.2) is 54.6 Å². The van der Waals surface area contributed by atoms with Gasteiger partial charge in [-0.05, 0) is 27.8 Å². The second-order valence-corrected chi connectivity index (χ2v) is 4.31. The summed E-state index contributed by atoms with van der Waals surface area (Å²) in [5, 5.41) is 9.26. The highest BCUT2D eigenvalue weighted by molar-refractivity contribution is 5.93. The molecule has 0 radical (unpaired) electrons. The van der Waals surface area contributed by atoms with Crippen molar-refractivity contribution in [1.82, 2.24) is 0 Å². The van der Waals surface area contributed by atoms with E-state index in [1.165, 1.54) is 22.3 Å². The summed E-state index contributed by atoms with van der Waals surface area (Å²) in [6.07, 6.45) is 6.14. The summed E-state index contributed by atoms with van der Waals surface area (Å²) in [5.41, 5.74) is 5.83. The lowest BCUT2D eigenvalue weighted by Gasteiger charge is -2.11. The number of hydrogen-bond donors (Lipinski definition) is 1. The van der Waals surface area contributed by atoms with Gasteiger partial charge in [-0.15, -0.1) is 0 Å². The van der Waals surface area contributed by atoms with Crippen molar-refractivity contribution < 1.29 is 5.11 Å². The van der Waals surface area contributed by atoms with E-state index < -0.39 is 0 Å². The number of rotatable bonds is 1. The molecule has 0 saturated carbocycles. The summed E-state index contributed by atoms with van der Waals surface area (Å²) in [6.45, 7) is 0.0536. The van der Waals surface area contributed by atoms with Gasteiger partial charge in [-0.1, -0.05) is 66.8 Å². The number of aliphatic hydroxyl groups excluding tert-OH is 1. The van der Waals surface area contributed by atoms with E-state index in [9.17, 15) is 5.11 Å². The van der Waals surface area contributed by atoms with Crippen LogP contribution in [-0.2, 0) is 0 Å². The van der Waals surface area contributed by atoms with Crippen LogP contribution in [-0.4, -0.2) is 11.7 Å². The number of aliphatic hydroxyl groups is 1. The van der Waals surface area contributed by atoms with Gasteiger partial charge in [-0.2, -0.15) is 0 Å². The molecule has 3 rings (SSSR count). The van der Waals surface area contributed by atoms with Gasteiger partial charge in [0.05, 0.1) is 6.61 Å². The molecule has 88 valence electrons. The van der Waals surface area contributed by atoms with Crippen LogP contribution in [0.3, 0.4) is 0 Å². The van der Waals surface area contributed by atoms with E-state index in [2.05, 4.69) is 36.4 Å². The highest BCUT2D eigenvalue weighted by atomic mass is 16.2. The molecule has 0 aliphatic heterocycles. The molecule has 0 bridgehead atoms. The SMILES string of the molecule is OCC=C1c2ccccc2C=Cc2ccccc21. The molecule has 0 unspecified atom stereocenters. The highest BCUT2D eigenvalue weighted by Gasteiger charge is 2.13. The van der Waals surface area contributed by atoms with Crippen molar-refractivity contribution >= 4 is 17.7 Å². The lowest BCUT2D eigenvalue weighted by molar-refractivity contribution is 0.343. The quantitative estimate of drug-likeness (QED) is 0.682. The Labute approximate surface area is 107 Å². The maximum atomic E-state index is 9.26. The first-order valence-corrected chi connectivity index (χ1v) is 6.08. The zero-order chi connectivity index (χ0) is 12.4. The number of hydrogen-bond acceptors (Lipinski definition) is 1. The Morgan fingerprint density at radius 1 is 0.778 bits per heavy atom. The molecule has 0 saturated heterocycles. The Bertz CT molecular complexity index is 584. The molecule has 1 nitrogen and oxygen atoms in total. The largest absolute Gasteiger partial charge is 0.392 e. The summed E-state index contributed by atoms with van der Waals surface area (Å²) in [5.74, 6) is 0. The molecule has 2 aromatic rings. The van der Waals surface area contributed by atoms with Crippen molar-refractivity contribution in [3.8, 4) is 0 Å². The fraction of sp³-hybridized carbons (Fsp3) is 0.0588. The van der Waals surface area contributed by atoms with Crippen LogP contribution in [0.4, 0.5) is 0 Å². The minimum absolute atomic E-state index is 0.0536. The van der Waals surface area contributed by atoms with E-state index in [0.717, 1.165) is 5.57 Å². The summed E-state index contributed by atoms with van der Waals surface area (Å²) in [7, 11) is 0. The molecule has 1 aliphatic carbocycles. The van der Waals surface area contributed by atoms with Crippen LogP contribution in [0.25, 0.3) is 17.7 Å². The van der Waals surface area contributed by atoms with Crippen LogP contribution in [0.2, 0.25) is 0 Å². The van der Waals surface area contributed by atoms with Crippen LogP contribution < -0.4 is 0 Å². The molecule has 0 aromatic heterocycles. The Morgan fingerprint density at radius 3 is 1.78 bits per heavy atom. The monoisotopic (exact) mass is 234 g/mol. The molecule has 0 fully saturated rings. The van der Waals surface area contributed by atoms with Crippen LogP contribution in [0.1, 0.15) is 22.3 Å². The average molecular weight is 234 g/mol. The Hall–Kier alpha value is -2.12. The van der Waals surface area contributed by atoms with Gasteiger partial charge in [0.25, 0.3) is 0 Å². The molecule has 0 heterocycles. The van der Waals surface area contributed by atoms with Crippen molar-refractivity contribution in [1.29, 1.82) is 0 Å². The first-order chi connectivity index (χ1) is 8.90. The fourth-order valence-electron chi connectivity index (χ4n) is 2.41. The second kappa shape index (κ2) is 4.63. The maximum Gasteiger partial charge on any atom is 0.0621 e. The van der Waals surface area contributed by atoms with Gasteiger partial charge in [0.2, 0.25) is 0 Å². The van der Waals surface area contributed by atoms with E-state index in [-0.39, 0.29) is 6.61 Å². The fourth-order valence-corrected chi connectivity index (χ4v) is 2.41. The van der Waals surface area contributed by atoms with E-state index in [4.69, 9.17) is 0 Å². The average Bonchev–Trinajstić information content (AvgIpc) is 2.58. The van der Waals surface area contributed by atoms with Crippen molar-refractivity contribution in [2.75, 3.05) is 6.61 Å². The molecular formula is C17H14O. The van der Waals surface area contributed by atoms with Gasteiger partial charge < -0.3 is 5.11 Å². The third-order valence-corrected chi connectivity index (χ3v) is 3.24. The number of benzene rings is 2. The summed E-state index contributed by atoms with van der Waals surface area (Å²) < 4.78 is 0. The van der Waals surface area contributed by atoms with Gasteiger partial charge in [0.15, 0.2) is 0 Å². The van der Waals surface area contributed by atoms with Crippen LogP contribution >= 0.6 is 0 Å². The highest BCUT2D eigenvalue weighted by Crippen LogP contribution is 2.33. The van der Waals surface area contributed by atoms with Gasteiger partial charge in [0, 0.05) is 0 Å². The molecule has 0 amide bonds. The predicted molar refractivity (Wildman–Crippen MR) is 76.0 cm³/mol. The third-order valence-electron chi connectivity index (χ3n) is 3.24. The van der Waals surface area contributed by atoms with E-state index in [1.54, 1.807) is 0 Å². The molecule has 2 aromatic carbocycles. The van der Waals surface area contributed by atoms with E-state index in [1.807, 2.05) is 30.3 Å². The molecule has 1 aliphatic rings. The van der Waals surface area contributed by atoms with E-state index >= 15 is 0 Å². The Morgan fingerprint density at radius 2 is 1.28 bits per heavy atom. The van der Waals surface area contributed by atoms with Crippen molar-refractivity contribution in [3.63, 3.8) is 0 Å². The summed E-state index contributed by atoms with van der Waals surface area (Å²) >= 11 is 0. The number of fused-ring (bicyclic) bond motifs is 2. The van der Waals surface area contributed by atoms with Gasteiger partial charge in [-0.3, -0.25) is 0 Å². The zero-order valence-corrected chi connectivity index (χ0v) is 10.0. The Balaban J connectivity index is 2.31. The molecule has 1 N–H and O–H groups in total. The molecule has 0 atom stereocenters. The zero-order valence-electron chi connectivity index (χ0n) is 10.0. The first kappa shape index (κ1) is 11.0. The van der Waals surface area contributed by atoms with Crippen LogP contribution in [0, 0.1) is 0 Å². The normalized spacial score (nSPS) is 12.6. The topological polar surface area (TPSA) is 20.2 Å². The molecule has 1 heteroatoms. The van der Waals surface area contributed by atoms with Crippen molar-refractivity contribution in [2.45, 2.75) is 0 Å². The minimum Gasteiger partial charge on any atom is -0.392 e. The Kier molecular flexibility index (Phi) is 2.83. The van der Waals surface area contributed by atoms with Crippen LogP contribution in [0.5, 0.6) is 0 Å². The molecular weight excluding hydrogens is 220 g/mol. The minimum atomic E-state index is 0.0536. The predicted octanol–water partition coefficient (Wildman–Crippen LogP) is 3.59. The van der Waals surface area contributed by atoms with Crippen molar-refractivity contribution in [2.24, 2.45) is 0 Å². The third kappa shape index (κ3) is 1.79. The van der Waals surface area contributed by atoms with Crippen molar-refractivity contribution in [3.05, 3.63) is 76.9 Å². The maximum absolute atomic E-state index is 9.26. The summed E-state index contributed by atoms with van der Waals surface area (Å²) in [4.78, 5) is 0. The first-order valence-electron chi connectivity index (χ1n) is 6.08. The second-order valence-electron chi connectivity index (χ2n) is 4.31. The summed E-state index contributed by atoms with van der Waals surface area (Å²) in [6, 6.07) is 16.5. The molecule has 18 heavy (non-hydrogen) atoms.